The summed E-state index contributed by atoms with van der Waals surface area (Å²) in [6.07, 6.45) is -9.30. The Labute approximate surface area is 182 Å². The maximum atomic E-state index is 13.2. The Kier molecular flexibility index (Phi) is 6.82. The van der Waals surface area contributed by atoms with E-state index in [2.05, 4.69) is 15.5 Å². The molecule has 1 N–H and O–H groups in total. The number of nitrogens with zero attached hydrogens (tertiary/aromatic N) is 3. The summed E-state index contributed by atoms with van der Waals surface area (Å²) in [7, 11) is 0. The largest absolute Gasteiger partial charge is 0.417 e. The lowest BCUT2D eigenvalue weighted by Gasteiger charge is -2.14. The van der Waals surface area contributed by atoms with Crippen LogP contribution in [0.4, 0.5) is 26.3 Å². The molecule has 0 spiro atoms. The van der Waals surface area contributed by atoms with Crippen molar-refractivity contribution in [3.05, 3.63) is 71.0 Å². The molecule has 0 aliphatic heterocycles. The van der Waals surface area contributed by atoms with Crippen LogP contribution in [0.3, 0.4) is 0 Å². The number of rotatable bonds is 6. The summed E-state index contributed by atoms with van der Waals surface area (Å²) in [5.41, 5.74) is -2.45. The van der Waals surface area contributed by atoms with Crippen LogP contribution in [0.5, 0.6) is 0 Å². The van der Waals surface area contributed by atoms with Crippen LogP contribution in [-0.4, -0.2) is 26.4 Å². The van der Waals surface area contributed by atoms with E-state index in [1.54, 1.807) is 0 Å². The molecule has 1 heterocycles. The van der Waals surface area contributed by atoms with Gasteiger partial charge < -0.3 is 5.32 Å². The third kappa shape index (κ3) is 5.23. The van der Waals surface area contributed by atoms with Crippen LogP contribution in [0.2, 0.25) is 0 Å². The summed E-state index contributed by atoms with van der Waals surface area (Å²) in [4.78, 5) is 12.4. The number of hydrogen-bond donors (Lipinski definition) is 1. The maximum absolute atomic E-state index is 13.2. The van der Waals surface area contributed by atoms with Gasteiger partial charge in [-0.1, -0.05) is 36.9 Å². The van der Waals surface area contributed by atoms with Gasteiger partial charge in [0.25, 0.3) is 5.91 Å². The molecule has 5 nitrogen and oxygen atoms in total. The number of hydrogen-bond acceptors (Lipinski definition) is 4. The number of aromatic nitrogens is 3. The lowest BCUT2D eigenvalue weighted by Crippen LogP contribution is -2.27. The van der Waals surface area contributed by atoms with E-state index in [1.807, 2.05) is 6.92 Å². The van der Waals surface area contributed by atoms with Gasteiger partial charge >= 0.3 is 12.4 Å². The van der Waals surface area contributed by atoms with Gasteiger partial charge in [-0.2, -0.15) is 26.3 Å². The Morgan fingerprint density at radius 2 is 1.72 bits per heavy atom. The first-order valence-electron chi connectivity index (χ1n) is 9.21. The SMILES string of the molecule is CCSc1nnc(CNC(=O)c2ccccc2C(F)(F)F)n1-c1cccc(C(F)(F)F)c1. The topological polar surface area (TPSA) is 59.8 Å². The number of amides is 1. The highest BCUT2D eigenvalue weighted by Crippen LogP contribution is 2.33. The number of thioether (sulfide) groups is 1. The monoisotopic (exact) mass is 474 g/mol. The van der Waals surface area contributed by atoms with E-state index in [4.69, 9.17) is 0 Å². The quantitative estimate of drug-likeness (QED) is 0.387. The summed E-state index contributed by atoms with van der Waals surface area (Å²) in [6.45, 7) is 1.46. The highest BCUT2D eigenvalue weighted by Gasteiger charge is 2.35. The number of nitrogens with one attached hydrogen (secondary N) is 1. The molecule has 2 aromatic carbocycles. The third-order valence-corrected chi connectivity index (χ3v) is 5.10. The van der Waals surface area contributed by atoms with Gasteiger partial charge in [0.1, 0.15) is 0 Å². The Morgan fingerprint density at radius 1 is 1.00 bits per heavy atom. The van der Waals surface area contributed by atoms with Crippen molar-refractivity contribution in [1.29, 1.82) is 0 Å². The van der Waals surface area contributed by atoms with Crippen molar-refractivity contribution in [1.82, 2.24) is 20.1 Å². The normalized spacial score (nSPS) is 12.1. The van der Waals surface area contributed by atoms with Crippen molar-refractivity contribution < 1.29 is 31.1 Å². The van der Waals surface area contributed by atoms with Crippen LogP contribution >= 0.6 is 11.8 Å². The van der Waals surface area contributed by atoms with Crippen LogP contribution in [0, 0.1) is 0 Å². The smallest absolute Gasteiger partial charge is 0.345 e. The third-order valence-electron chi connectivity index (χ3n) is 4.29. The first-order valence-corrected chi connectivity index (χ1v) is 10.2. The molecule has 0 aliphatic carbocycles. The average molecular weight is 474 g/mol. The first-order chi connectivity index (χ1) is 15.0. The van der Waals surface area contributed by atoms with E-state index in [-0.39, 0.29) is 23.2 Å². The molecule has 0 fully saturated rings. The molecule has 0 unspecified atom stereocenters. The fourth-order valence-corrected chi connectivity index (χ4v) is 3.60. The van der Waals surface area contributed by atoms with Crippen LogP contribution < -0.4 is 5.32 Å². The molecule has 32 heavy (non-hydrogen) atoms. The van der Waals surface area contributed by atoms with Crippen LogP contribution in [0.1, 0.15) is 34.2 Å². The van der Waals surface area contributed by atoms with E-state index in [9.17, 15) is 31.1 Å². The van der Waals surface area contributed by atoms with Gasteiger partial charge in [0.2, 0.25) is 0 Å². The van der Waals surface area contributed by atoms with E-state index < -0.39 is 35.0 Å². The summed E-state index contributed by atoms with van der Waals surface area (Å²) >= 11 is 1.21. The number of halogens is 6. The highest BCUT2D eigenvalue weighted by atomic mass is 32.2. The molecular formula is C20H16F6N4OS. The average Bonchev–Trinajstić information content (AvgIpc) is 3.13. The molecule has 1 aromatic heterocycles. The molecule has 1 amide bonds. The predicted octanol–water partition coefficient (Wildman–Crippen LogP) is 5.35. The van der Waals surface area contributed by atoms with Crippen LogP contribution in [0.15, 0.2) is 53.7 Å². The molecule has 12 heteroatoms. The second kappa shape index (κ2) is 9.23. The zero-order valence-corrected chi connectivity index (χ0v) is 17.3. The zero-order chi connectivity index (χ0) is 23.5. The molecule has 170 valence electrons. The summed E-state index contributed by atoms with van der Waals surface area (Å²) < 4.78 is 80.3. The number of carbonyl (C=O) groups is 1. The summed E-state index contributed by atoms with van der Waals surface area (Å²) in [5, 5.41) is 10.5. The van der Waals surface area contributed by atoms with Crippen LogP contribution in [0.25, 0.3) is 5.69 Å². The van der Waals surface area contributed by atoms with Crippen molar-refractivity contribution >= 4 is 17.7 Å². The van der Waals surface area contributed by atoms with Gasteiger partial charge in [0, 0.05) is 0 Å². The van der Waals surface area contributed by atoms with Crippen molar-refractivity contribution in [3.63, 3.8) is 0 Å². The maximum Gasteiger partial charge on any atom is 0.417 e. The minimum Gasteiger partial charge on any atom is -0.345 e. The van der Waals surface area contributed by atoms with Crippen molar-refractivity contribution in [2.45, 2.75) is 31.0 Å². The highest BCUT2D eigenvalue weighted by molar-refractivity contribution is 7.99. The number of benzene rings is 2. The number of carbonyl (C=O) groups excluding carboxylic acids is 1. The van der Waals surface area contributed by atoms with Crippen LogP contribution in [-0.2, 0) is 18.9 Å². The van der Waals surface area contributed by atoms with Gasteiger partial charge in [-0.3, -0.25) is 9.36 Å². The minimum atomic E-state index is -4.73. The fraction of sp³-hybridized carbons (Fsp3) is 0.250. The summed E-state index contributed by atoms with van der Waals surface area (Å²) in [5.74, 6) is -0.387. The standard InChI is InChI=1S/C20H16F6N4OS/c1-2-32-18-29-28-16(30(18)13-7-5-6-12(10-13)19(21,22)23)11-27-17(31)14-8-3-4-9-15(14)20(24,25)26/h3-10H,2,11H2,1H3,(H,27,31). The molecule has 0 atom stereocenters. The van der Waals surface area contributed by atoms with E-state index in [0.717, 1.165) is 30.3 Å². The second-order valence-electron chi connectivity index (χ2n) is 6.44. The Hall–Kier alpha value is -3.02. The summed E-state index contributed by atoms with van der Waals surface area (Å²) in [6, 6.07) is 8.75. The molecule has 0 aliphatic rings. The van der Waals surface area contributed by atoms with Crippen molar-refractivity contribution in [3.8, 4) is 5.69 Å². The second-order valence-corrected chi connectivity index (χ2v) is 7.67. The first kappa shape index (κ1) is 23.6. The zero-order valence-electron chi connectivity index (χ0n) is 16.5. The molecule has 3 aromatic rings. The lowest BCUT2D eigenvalue weighted by molar-refractivity contribution is -0.138. The van der Waals surface area contributed by atoms with E-state index in [1.165, 1.54) is 34.5 Å². The molecular weight excluding hydrogens is 458 g/mol. The fourth-order valence-electron chi connectivity index (χ4n) is 2.90. The Balaban J connectivity index is 1.92. The van der Waals surface area contributed by atoms with E-state index >= 15 is 0 Å². The lowest BCUT2D eigenvalue weighted by atomic mass is 10.1. The molecule has 0 radical (unpaired) electrons. The van der Waals surface area contributed by atoms with E-state index in [0.29, 0.717) is 5.75 Å². The van der Waals surface area contributed by atoms with Gasteiger partial charge in [-0.25, -0.2) is 0 Å². The van der Waals surface area contributed by atoms with Crippen molar-refractivity contribution in [2.75, 3.05) is 5.75 Å². The molecule has 3 rings (SSSR count). The van der Waals surface area contributed by atoms with Crippen molar-refractivity contribution in [2.24, 2.45) is 0 Å². The minimum absolute atomic E-state index is 0.0677. The van der Waals surface area contributed by atoms with Gasteiger partial charge in [0.05, 0.1) is 28.9 Å². The molecule has 0 saturated heterocycles. The molecule has 0 bridgehead atoms. The molecule has 0 saturated carbocycles. The predicted molar refractivity (Wildman–Crippen MR) is 105 cm³/mol. The van der Waals surface area contributed by atoms with Gasteiger partial charge in [-0.05, 0) is 36.1 Å². The van der Waals surface area contributed by atoms with Gasteiger partial charge in [-0.15, -0.1) is 10.2 Å². The van der Waals surface area contributed by atoms with Gasteiger partial charge in [0.15, 0.2) is 11.0 Å². The Bertz CT molecular complexity index is 1110. The Morgan fingerprint density at radius 3 is 2.38 bits per heavy atom. The number of alkyl halides is 6.